The van der Waals surface area contributed by atoms with Gasteiger partial charge in [-0.1, -0.05) is 28.1 Å². The number of nitrogens with zero attached hydrogens (tertiary/aromatic N) is 3. The number of pyridine rings is 1. The normalized spacial score (nSPS) is 21.7. The van der Waals surface area contributed by atoms with Gasteiger partial charge in [0.2, 0.25) is 5.88 Å². The molecule has 2 fully saturated rings. The molecule has 2 atom stereocenters. The maximum Gasteiger partial charge on any atom is 0.321 e. The summed E-state index contributed by atoms with van der Waals surface area (Å²) in [5.74, 6) is 0.777. The SMILES string of the molecule is O=C(Nc1ccc(OCCF)nc1)N1CCCN2CC[C@H](c3ccc(Br)cc3)[C@@H]2C1. The van der Waals surface area contributed by atoms with E-state index in [2.05, 4.69) is 55.4 Å². The second-order valence-corrected chi connectivity index (χ2v) is 8.62. The van der Waals surface area contributed by atoms with E-state index in [1.807, 2.05) is 4.90 Å². The largest absolute Gasteiger partial charge is 0.475 e. The van der Waals surface area contributed by atoms with Crippen LogP contribution in [0.5, 0.6) is 5.88 Å². The molecule has 0 bridgehead atoms. The highest BCUT2D eigenvalue weighted by atomic mass is 79.9. The molecule has 160 valence electrons. The van der Waals surface area contributed by atoms with Crippen molar-refractivity contribution in [1.29, 1.82) is 0 Å². The highest BCUT2D eigenvalue weighted by molar-refractivity contribution is 9.10. The standard InChI is InChI=1S/C22H26BrFN4O2/c23-17-4-2-16(3-5-17)19-8-12-27-10-1-11-28(15-20(19)27)22(29)26-18-6-7-21(25-14-18)30-13-9-24/h2-7,14,19-20H,1,8-13,15H2,(H,26,29)/t19-,20+/m1/s1. The Morgan fingerprint density at radius 1 is 1.20 bits per heavy atom. The number of aromatic nitrogens is 1. The average Bonchev–Trinajstić information content (AvgIpc) is 3.03. The van der Waals surface area contributed by atoms with Gasteiger partial charge in [0.15, 0.2) is 0 Å². The monoisotopic (exact) mass is 476 g/mol. The molecule has 0 radical (unpaired) electrons. The molecule has 30 heavy (non-hydrogen) atoms. The Morgan fingerprint density at radius 3 is 2.77 bits per heavy atom. The molecule has 4 rings (SSSR count). The Labute approximate surface area is 184 Å². The summed E-state index contributed by atoms with van der Waals surface area (Å²) in [5, 5.41) is 2.93. The second-order valence-electron chi connectivity index (χ2n) is 7.70. The van der Waals surface area contributed by atoms with Crippen molar-refractivity contribution in [3.05, 3.63) is 52.6 Å². The summed E-state index contributed by atoms with van der Waals surface area (Å²) < 4.78 is 18.4. The van der Waals surface area contributed by atoms with Crippen LogP contribution in [0.4, 0.5) is 14.9 Å². The fourth-order valence-electron chi connectivity index (χ4n) is 4.39. The molecule has 1 N–H and O–H groups in total. The lowest BCUT2D eigenvalue weighted by molar-refractivity contribution is 0.197. The van der Waals surface area contributed by atoms with Gasteiger partial charge in [-0.15, -0.1) is 0 Å². The number of fused-ring (bicyclic) bond motifs is 1. The van der Waals surface area contributed by atoms with E-state index in [9.17, 15) is 9.18 Å². The zero-order valence-corrected chi connectivity index (χ0v) is 18.4. The molecule has 1 aromatic heterocycles. The topological polar surface area (TPSA) is 57.7 Å². The van der Waals surface area contributed by atoms with Gasteiger partial charge in [0.1, 0.15) is 13.3 Å². The number of hydrogen-bond donors (Lipinski definition) is 1. The van der Waals surface area contributed by atoms with E-state index in [0.29, 0.717) is 30.1 Å². The van der Waals surface area contributed by atoms with E-state index >= 15 is 0 Å². The molecule has 1 aromatic carbocycles. The van der Waals surface area contributed by atoms with Crippen molar-refractivity contribution in [2.45, 2.75) is 24.8 Å². The lowest BCUT2D eigenvalue weighted by Crippen LogP contribution is -2.43. The van der Waals surface area contributed by atoms with E-state index < -0.39 is 6.67 Å². The van der Waals surface area contributed by atoms with Crippen molar-refractivity contribution in [3.63, 3.8) is 0 Å². The van der Waals surface area contributed by atoms with Gasteiger partial charge in [-0.25, -0.2) is 14.2 Å². The number of nitrogens with one attached hydrogen (secondary N) is 1. The molecule has 2 aliphatic rings. The smallest absolute Gasteiger partial charge is 0.321 e. The summed E-state index contributed by atoms with van der Waals surface area (Å²) in [4.78, 5) is 21.5. The molecular formula is C22H26BrFN4O2. The summed E-state index contributed by atoms with van der Waals surface area (Å²) in [7, 11) is 0. The number of anilines is 1. The van der Waals surface area contributed by atoms with Crippen molar-refractivity contribution in [3.8, 4) is 5.88 Å². The van der Waals surface area contributed by atoms with Crippen molar-refractivity contribution >= 4 is 27.6 Å². The van der Waals surface area contributed by atoms with Gasteiger partial charge in [-0.05, 0) is 43.1 Å². The maximum atomic E-state index is 12.9. The second kappa shape index (κ2) is 9.75. The Kier molecular flexibility index (Phi) is 6.84. The number of carbonyl (C=O) groups is 1. The van der Waals surface area contributed by atoms with Crippen LogP contribution in [0.1, 0.15) is 24.3 Å². The molecule has 3 heterocycles. The molecule has 2 saturated heterocycles. The van der Waals surface area contributed by atoms with Gasteiger partial charge in [-0.3, -0.25) is 4.90 Å². The van der Waals surface area contributed by atoms with Crippen molar-refractivity contribution in [1.82, 2.24) is 14.8 Å². The first-order valence-electron chi connectivity index (χ1n) is 10.3. The maximum absolute atomic E-state index is 12.9. The Hall–Kier alpha value is -2.19. The van der Waals surface area contributed by atoms with Gasteiger partial charge in [-0.2, -0.15) is 0 Å². The quantitative estimate of drug-likeness (QED) is 0.699. The number of amides is 2. The summed E-state index contributed by atoms with van der Waals surface area (Å²) in [6, 6.07) is 12.1. The Bertz CT molecular complexity index is 849. The summed E-state index contributed by atoms with van der Waals surface area (Å²) in [5.41, 5.74) is 1.94. The summed E-state index contributed by atoms with van der Waals surface area (Å²) in [6.07, 6.45) is 3.62. The molecule has 8 heteroatoms. The van der Waals surface area contributed by atoms with Gasteiger partial charge >= 0.3 is 6.03 Å². The van der Waals surface area contributed by atoms with Gasteiger partial charge in [0, 0.05) is 42.1 Å². The van der Waals surface area contributed by atoms with E-state index in [0.717, 1.165) is 36.9 Å². The molecule has 2 aromatic rings. The van der Waals surface area contributed by atoms with Crippen LogP contribution in [0.15, 0.2) is 47.1 Å². The fourth-order valence-corrected chi connectivity index (χ4v) is 4.65. The van der Waals surface area contributed by atoms with Gasteiger partial charge < -0.3 is 15.0 Å². The lowest BCUT2D eigenvalue weighted by atomic mass is 9.91. The molecule has 0 spiro atoms. The van der Waals surface area contributed by atoms with Crippen molar-refractivity contribution in [2.75, 3.05) is 44.8 Å². The van der Waals surface area contributed by atoms with Crippen molar-refractivity contribution < 1.29 is 13.9 Å². The van der Waals surface area contributed by atoms with E-state index in [4.69, 9.17) is 4.74 Å². The van der Waals surface area contributed by atoms with Crippen LogP contribution >= 0.6 is 15.9 Å². The Balaban J connectivity index is 1.41. The molecule has 0 aliphatic carbocycles. The number of urea groups is 1. The molecule has 6 nitrogen and oxygen atoms in total. The summed E-state index contributed by atoms with van der Waals surface area (Å²) in [6.45, 7) is 2.95. The van der Waals surface area contributed by atoms with Crippen LogP contribution < -0.4 is 10.1 Å². The predicted molar refractivity (Wildman–Crippen MR) is 118 cm³/mol. The number of halogens is 2. The first kappa shape index (κ1) is 21.1. The molecular weight excluding hydrogens is 451 g/mol. The zero-order valence-electron chi connectivity index (χ0n) is 16.8. The minimum absolute atomic E-state index is 0.0239. The number of ether oxygens (including phenoxy) is 1. The highest BCUT2D eigenvalue weighted by Crippen LogP contribution is 2.35. The highest BCUT2D eigenvalue weighted by Gasteiger charge is 2.38. The number of carbonyl (C=O) groups excluding carboxylic acids is 1. The number of rotatable bonds is 5. The first-order chi connectivity index (χ1) is 14.6. The van der Waals surface area contributed by atoms with Crippen LogP contribution in [-0.4, -0.2) is 66.3 Å². The fraction of sp³-hybridized carbons (Fsp3) is 0.455. The number of hydrogen-bond acceptors (Lipinski definition) is 4. The van der Waals surface area contributed by atoms with E-state index in [1.165, 1.54) is 11.8 Å². The lowest BCUT2D eigenvalue weighted by Gasteiger charge is -2.30. The number of benzene rings is 1. The molecule has 2 aliphatic heterocycles. The molecule has 0 saturated carbocycles. The predicted octanol–water partition coefficient (Wildman–Crippen LogP) is 4.29. The third-order valence-corrected chi connectivity index (χ3v) is 6.37. The summed E-state index contributed by atoms with van der Waals surface area (Å²) >= 11 is 3.51. The van der Waals surface area contributed by atoms with E-state index in [1.54, 1.807) is 12.1 Å². The first-order valence-corrected chi connectivity index (χ1v) is 11.1. The zero-order chi connectivity index (χ0) is 20.9. The van der Waals surface area contributed by atoms with Crippen molar-refractivity contribution in [2.24, 2.45) is 0 Å². The van der Waals surface area contributed by atoms with Crippen LogP contribution in [0.3, 0.4) is 0 Å². The van der Waals surface area contributed by atoms with Crippen LogP contribution in [0, 0.1) is 0 Å². The Morgan fingerprint density at radius 2 is 2.03 bits per heavy atom. The van der Waals surface area contributed by atoms with Crippen LogP contribution in [0.25, 0.3) is 0 Å². The minimum Gasteiger partial charge on any atom is -0.475 e. The van der Waals surface area contributed by atoms with E-state index in [-0.39, 0.29) is 12.6 Å². The number of alkyl halides is 1. The average molecular weight is 477 g/mol. The van der Waals surface area contributed by atoms with Gasteiger partial charge in [0.05, 0.1) is 11.9 Å². The third-order valence-electron chi connectivity index (χ3n) is 5.84. The third kappa shape index (κ3) is 4.92. The molecule has 0 unspecified atom stereocenters. The molecule has 2 amide bonds. The van der Waals surface area contributed by atoms with Crippen LogP contribution in [0.2, 0.25) is 0 Å². The van der Waals surface area contributed by atoms with Crippen LogP contribution in [-0.2, 0) is 0 Å². The van der Waals surface area contributed by atoms with Gasteiger partial charge in [0.25, 0.3) is 0 Å². The minimum atomic E-state index is -0.561.